The molecule has 1 saturated heterocycles. The van der Waals surface area contributed by atoms with E-state index in [0.29, 0.717) is 5.82 Å². The number of aliphatic hydroxyl groups excluding tert-OH is 3. The molecule has 11 nitrogen and oxygen atoms in total. The van der Waals surface area contributed by atoms with Crippen molar-refractivity contribution < 1.29 is 43.8 Å². The van der Waals surface area contributed by atoms with Crippen LogP contribution in [0.3, 0.4) is 0 Å². The maximum Gasteiger partial charge on any atom is 0.338 e. The van der Waals surface area contributed by atoms with Crippen molar-refractivity contribution >= 4 is 28.6 Å². The van der Waals surface area contributed by atoms with Crippen LogP contribution in [0.4, 0.5) is 0 Å². The Labute approximate surface area is 224 Å². The van der Waals surface area contributed by atoms with Gasteiger partial charge in [0.15, 0.2) is 23.9 Å². The number of rotatable bonds is 9. The minimum absolute atomic E-state index is 0.00553. The van der Waals surface area contributed by atoms with Gasteiger partial charge in [-0.05, 0) is 38.1 Å². The van der Waals surface area contributed by atoms with E-state index < -0.39 is 43.3 Å². The Morgan fingerprint density at radius 2 is 1.92 bits per heavy atom. The summed E-state index contributed by atoms with van der Waals surface area (Å²) >= 11 is 6.48. The van der Waals surface area contributed by atoms with E-state index in [-0.39, 0.29) is 34.7 Å². The van der Waals surface area contributed by atoms with E-state index in [1.807, 2.05) is 24.3 Å². The largest absolute Gasteiger partial charge is 0.493 e. The number of esters is 1. The molecule has 38 heavy (non-hydrogen) atoms. The molecule has 12 heteroatoms. The van der Waals surface area contributed by atoms with Gasteiger partial charge in [0.1, 0.15) is 30.7 Å². The van der Waals surface area contributed by atoms with Gasteiger partial charge >= 0.3 is 5.97 Å². The van der Waals surface area contributed by atoms with Crippen molar-refractivity contribution in [2.75, 3.05) is 20.8 Å². The standard InChI is InChI=1S/C26H31ClN2O9/c1-13(2)29-17-8-6-5-7-16(17)28-20(29)12-36-23-15(27)9-14(10-18(23)34-3)25(33)38-24-21(31)19(11-30)37-26(35-4)22(24)32/h5-10,13,19,21-22,24,26,30-32H,11-12H2,1-4H3/t19-,21+,22-,24+,26+/m1/s1. The first-order valence-corrected chi connectivity index (χ1v) is 12.4. The fourth-order valence-electron chi connectivity index (χ4n) is 4.47. The molecular formula is C26H31ClN2O9. The first kappa shape index (κ1) is 28.1. The van der Waals surface area contributed by atoms with E-state index in [9.17, 15) is 20.1 Å². The molecule has 0 radical (unpaired) electrons. The number of halogens is 1. The number of aromatic nitrogens is 2. The topological polar surface area (TPSA) is 142 Å². The van der Waals surface area contributed by atoms with E-state index in [1.54, 1.807) is 0 Å². The molecule has 0 saturated carbocycles. The van der Waals surface area contributed by atoms with Crippen LogP contribution in [-0.4, -0.2) is 82.4 Å². The number of para-hydroxylation sites is 2. The molecule has 206 valence electrons. The zero-order valence-electron chi connectivity index (χ0n) is 21.4. The molecule has 5 atom stereocenters. The molecule has 3 N–H and O–H groups in total. The van der Waals surface area contributed by atoms with Crippen LogP contribution in [0.15, 0.2) is 36.4 Å². The molecule has 0 amide bonds. The number of fused-ring (bicyclic) bond motifs is 1. The Hall–Kier alpha value is -2.93. The summed E-state index contributed by atoms with van der Waals surface area (Å²) < 4.78 is 29.2. The fraction of sp³-hybridized carbons (Fsp3) is 0.462. The second-order valence-corrected chi connectivity index (χ2v) is 9.48. The number of methoxy groups -OCH3 is 2. The number of benzene rings is 2. The third-order valence-electron chi connectivity index (χ3n) is 6.29. The van der Waals surface area contributed by atoms with Gasteiger partial charge < -0.3 is 43.6 Å². The van der Waals surface area contributed by atoms with Gasteiger partial charge in [0, 0.05) is 13.2 Å². The number of imidazole rings is 1. The monoisotopic (exact) mass is 550 g/mol. The highest BCUT2D eigenvalue weighted by Gasteiger charge is 2.47. The van der Waals surface area contributed by atoms with Gasteiger partial charge in [-0.1, -0.05) is 23.7 Å². The van der Waals surface area contributed by atoms with Gasteiger partial charge in [0.2, 0.25) is 0 Å². The molecule has 0 bridgehead atoms. The molecule has 1 aliphatic rings. The number of aliphatic hydroxyl groups is 3. The second-order valence-electron chi connectivity index (χ2n) is 9.07. The van der Waals surface area contributed by atoms with Crippen LogP contribution >= 0.6 is 11.6 Å². The Morgan fingerprint density at radius 1 is 1.18 bits per heavy atom. The van der Waals surface area contributed by atoms with E-state index in [0.717, 1.165) is 11.0 Å². The maximum atomic E-state index is 13.0. The lowest BCUT2D eigenvalue weighted by Crippen LogP contribution is -2.60. The lowest BCUT2D eigenvalue weighted by molar-refractivity contribution is -0.293. The Bertz CT molecular complexity index is 1270. The molecule has 3 aromatic rings. The molecule has 0 unspecified atom stereocenters. The fourth-order valence-corrected chi connectivity index (χ4v) is 4.73. The predicted octanol–water partition coefficient (Wildman–Crippen LogP) is 2.47. The van der Waals surface area contributed by atoms with Gasteiger partial charge in [0.05, 0.1) is 35.3 Å². The van der Waals surface area contributed by atoms with Crippen LogP contribution in [0.2, 0.25) is 5.02 Å². The average Bonchev–Trinajstić information content (AvgIpc) is 3.28. The van der Waals surface area contributed by atoms with E-state index >= 15 is 0 Å². The van der Waals surface area contributed by atoms with Crippen molar-refractivity contribution in [1.82, 2.24) is 9.55 Å². The molecule has 1 aromatic heterocycles. The normalized spacial score (nSPS) is 23.6. The Morgan fingerprint density at radius 3 is 2.58 bits per heavy atom. The number of nitrogens with zero attached hydrogens (tertiary/aromatic N) is 2. The molecule has 1 fully saturated rings. The van der Waals surface area contributed by atoms with Gasteiger partial charge in [-0.25, -0.2) is 9.78 Å². The highest BCUT2D eigenvalue weighted by atomic mass is 35.5. The van der Waals surface area contributed by atoms with Crippen LogP contribution in [0, 0.1) is 0 Å². The summed E-state index contributed by atoms with van der Waals surface area (Å²) in [7, 11) is 2.68. The Balaban J connectivity index is 1.55. The lowest BCUT2D eigenvalue weighted by Gasteiger charge is -2.40. The van der Waals surface area contributed by atoms with Crippen molar-refractivity contribution in [3.63, 3.8) is 0 Å². The number of hydrogen-bond donors (Lipinski definition) is 3. The van der Waals surface area contributed by atoms with Crippen molar-refractivity contribution in [1.29, 1.82) is 0 Å². The zero-order chi connectivity index (χ0) is 27.6. The van der Waals surface area contributed by atoms with E-state index in [1.165, 1.54) is 26.4 Å². The summed E-state index contributed by atoms with van der Waals surface area (Å²) in [6.45, 7) is 3.62. The summed E-state index contributed by atoms with van der Waals surface area (Å²) in [4.78, 5) is 17.6. The van der Waals surface area contributed by atoms with Crippen molar-refractivity contribution in [3.8, 4) is 11.5 Å². The molecule has 4 rings (SSSR count). The summed E-state index contributed by atoms with van der Waals surface area (Å²) in [5.74, 6) is 0.179. The number of ether oxygens (including phenoxy) is 5. The van der Waals surface area contributed by atoms with Crippen molar-refractivity contribution in [2.45, 2.75) is 57.2 Å². The van der Waals surface area contributed by atoms with Crippen LogP contribution in [0.1, 0.15) is 36.1 Å². The quantitative estimate of drug-likeness (QED) is 0.340. The predicted molar refractivity (Wildman–Crippen MR) is 136 cm³/mol. The number of carbonyl (C=O) groups is 1. The smallest absolute Gasteiger partial charge is 0.338 e. The van der Waals surface area contributed by atoms with Crippen molar-refractivity contribution in [3.05, 3.63) is 52.8 Å². The molecule has 1 aliphatic heterocycles. The van der Waals surface area contributed by atoms with Crippen LogP contribution in [-0.2, 0) is 20.8 Å². The number of hydrogen-bond acceptors (Lipinski definition) is 10. The SMILES string of the molecule is COc1cc(C(=O)O[C@H]2[C@@H](O)[C@@H](CO)O[C@H](OC)[C@@H]2O)cc(Cl)c1OCc1nc2ccccc2n1C(C)C. The van der Waals surface area contributed by atoms with Crippen molar-refractivity contribution in [2.24, 2.45) is 0 Å². The first-order chi connectivity index (χ1) is 18.2. The highest BCUT2D eigenvalue weighted by molar-refractivity contribution is 6.32. The molecule has 0 aliphatic carbocycles. The molecule has 2 heterocycles. The van der Waals surface area contributed by atoms with Crippen LogP contribution in [0.5, 0.6) is 11.5 Å². The summed E-state index contributed by atoms with van der Waals surface area (Å²) in [6, 6.07) is 10.6. The third kappa shape index (κ3) is 5.44. The van der Waals surface area contributed by atoms with Gasteiger partial charge in [-0.2, -0.15) is 0 Å². The number of carbonyl (C=O) groups excluding carboxylic acids is 1. The van der Waals surface area contributed by atoms with Crippen LogP contribution < -0.4 is 9.47 Å². The minimum Gasteiger partial charge on any atom is -0.493 e. The zero-order valence-corrected chi connectivity index (χ0v) is 22.2. The average molecular weight is 551 g/mol. The van der Waals surface area contributed by atoms with E-state index in [2.05, 4.69) is 23.4 Å². The highest BCUT2D eigenvalue weighted by Crippen LogP contribution is 2.38. The molecule has 2 aromatic carbocycles. The summed E-state index contributed by atoms with van der Waals surface area (Å²) in [5.41, 5.74) is 1.82. The van der Waals surface area contributed by atoms with Gasteiger partial charge in [0.25, 0.3) is 0 Å². The van der Waals surface area contributed by atoms with Gasteiger partial charge in [-0.3, -0.25) is 0 Å². The molecular weight excluding hydrogens is 520 g/mol. The molecule has 0 spiro atoms. The first-order valence-electron chi connectivity index (χ1n) is 12.0. The minimum atomic E-state index is -1.50. The lowest BCUT2D eigenvalue weighted by atomic mass is 9.99. The maximum absolute atomic E-state index is 13.0. The summed E-state index contributed by atoms with van der Waals surface area (Å²) in [6.07, 6.45) is -6.75. The van der Waals surface area contributed by atoms with E-state index in [4.69, 9.17) is 35.3 Å². The second kappa shape index (κ2) is 11.9. The van der Waals surface area contributed by atoms with Crippen LogP contribution in [0.25, 0.3) is 11.0 Å². The summed E-state index contributed by atoms with van der Waals surface area (Å²) in [5, 5.41) is 30.4. The van der Waals surface area contributed by atoms with Gasteiger partial charge in [-0.15, -0.1) is 0 Å². The third-order valence-corrected chi connectivity index (χ3v) is 6.57. The Kier molecular flexibility index (Phi) is 8.76.